The molecule has 0 unspecified atom stereocenters. The van der Waals surface area contributed by atoms with Gasteiger partial charge in [-0.05, 0) is 23.8 Å². The van der Waals surface area contributed by atoms with Crippen LogP contribution in [0.1, 0.15) is 15.9 Å². The van der Waals surface area contributed by atoms with Gasteiger partial charge in [0.2, 0.25) is 0 Å². The lowest BCUT2D eigenvalue weighted by Crippen LogP contribution is -2.63. The Morgan fingerprint density at radius 2 is 2.05 bits per heavy atom. The molecule has 1 N–H and O–H groups in total. The summed E-state index contributed by atoms with van der Waals surface area (Å²) in [5, 5.41) is 3.37. The highest BCUT2D eigenvalue weighted by Gasteiger charge is 2.35. The van der Waals surface area contributed by atoms with E-state index in [0.717, 1.165) is 63.6 Å². The Hall–Kier alpha value is -1.59. The first kappa shape index (κ1) is 13.1. The topological polar surface area (TPSA) is 44.8 Å². The molecule has 0 saturated carbocycles. The number of rotatable bonds is 2. The zero-order valence-electron chi connectivity index (χ0n) is 12.2. The van der Waals surface area contributed by atoms with Gasteiger partial charge >= 0.3 is 0 Å². The van der Waals surface area contributed by atoms with Crippen molar-refractivity contribution in [2.45, 2.75) is 12.5 Å². The van der Waals surface area contributed by atoms with Crippen LogP contribution in [-0.2, 0) is 6.42 Å². The van der Waals surface area contributed by atoms with Gasteiger partial charge in [-0.3, -0.25) is 9.69 Å². The summed E-state index contributed by atoms with van der Waals surface area (Å²) in [4.78, 5) is 17.0. The minimum absolute atomic E-state index is 0.163. The standard InChI is InChI=1S/C16H21N3O2/c20-16(13-1-2-15-12(9-13)3-8-21-15)19-10-14(11-19)18-6-4-17-5-7-18/h1-2,9,14,17H,3-8,10-11H2. The molecular weight excluding hydrogens is 266 g/mol. The molecule has 0 atom stereocenters. The maximum Gasteiger partial charge on any atom is 0.253 e. The van der Waals surface area contributed by atoms with Gasteiger partial charge in [-0.15, -0.1) is 0 Å². The normalized spacial score (nSPS) is 22.6. The van der Waals surface area contributed by atoms with Gasteiger partial charge in [-0.1, -0.05) is 0 Å². The van der Waals surface area contributed by atoms with Crippen LogP contribution in [0.2, 0.25) is 0 Å². The van der Waals surface area contributed by atoms with E-state index in [9.17, 15) is 4.79 Å². The molecule has 112 valence electrons. The number of nitrogens with one attached hydrogen (secondary N) is 1. The fourth-order valence-corrected chi connectivity index (χ4v) is 3.40. The predicted octanol–water partition coefficient (Wildman–Crippen LogP) is 0.351. The molecule has 2 fully saturated rings. The molecule has 3 heterocycles. The molecule has 5 nitrogen and oxygen atoms in total. The van der Waals surface area contributed by atoms with Gasteiger partial charge in [0, 0.05) is 57.3 Å². The van der Waals surface area contributed by atoms with Gasteiger partial charge in [-0.25, -0.2) is 0 Å². The van der Waals surface area contributed by atoms with Crippen LogP contribution in [0.3, 0.4) is 0 Å². The number of likely N-dealkylation sites (tertiary alicyclic amines) is 1. The van der Waals surface area contributed by atoms with Crippen LogP contribution in [0.25, 0.3) is 0 Å². The van der Waals surface area contributed by atoms with Crippen LogP contribution in [0.15, 0.2) is 18.2 Å². The van der Waals surface area contributed by atoms with Crippen molar-refractivity contribution in [1.29, 1.82) is 0 Å². The molecule has 21 heavy (non-hydrogen) atoms. The second kappa shape index (κ2) is 5.31. The number of ether oxygens (including phenoxy) is 1. The zero-order valence-corrected chi connectivity index (χ0v) is 12.2. The Morgan fingerprint density at radius 1 is 1.24 bits per heavy atom. The number of hydrogen-bond donors (Lipinski definition) is 1. The summed E-state index contributed by atoms with van der Waals surface area (Å²) in [6.45, 7) is 6.80. The molecule has 0 spiro atoms. The first-order valence-electron chi connectivity index (χ1n) is 7.81. The molecule has 0 aromatic heterocycles. The van der Waals surface area contributed by atoms with E-state index < -0.39 is 0 Å². The van der Waals surface area contributed by atoms with Gasteiger partial charge in [0.15, 0.2) is 0 Å². The molecular formula is C16H21N3O2. The number of fused-ring (bicyclic) bond motifs is 1. The van der Waals surface area contributed by atoms with E-state index in [2.05, 4.69) is 10.2 Å². The number of amides is 1. The van der Waals surface area contributed by atoms with Crippen molar-refractivity contribution in [3.8, 4) is 5.75 Å². The predicted molar refractivity (Wildman–Crippen MR) is 79.8 cm³/mol. The average Bonchev–Trinajstić information content (AvgIpc) is 2.94. The van der Waals surface area contributed by atoms with Crippen molar-refractivity contribution in [3.63, 3.8) is 0 Å². The smallest absolute Gasteiger partial charge is 0.253 e. The fraction of sp³-hybridized carbons (Fsp3) is 0.562. The molecule has 1 aromatic carbocycles. The molecule has 1 amide bonds. The van der Waals surface area contributed by atoms with Crippen LogP contribution < -0.4 is 10.1 Å². The van der Waals surface area contributed by atoms with Gasteiger partial charge in [0.25, 0.3) is 5.91 Å². The van der Waals surface area contributed by atoms with Gasteiger partial charge in [0.1, 0.15) is 5.75 Å². The zero-order chi connectivity index (χ0) is 14.2. The number of piperazine rings is 1. The fourth-order valence-electron chi connectivity index (χ4n) is 3.40. The van der Waals surface area contributed by atoms with Crippen molar-refractivity contribution in [3.05, 3.63) is 29.3 Å². The quantitative estimate of drug-likeness (QED) is 0.852. The van der Waals surface area contributed by atoms with Crippen LogP contribution in [0.4, 0.5) is 0 Å². The monoisotopic (exact) mass is 287 g/mol. The highest BCUT2D eigenvalue weighted by Crippen LogP contribution is 2.27. The lowest BCUT2D eigenvalue weighted by atomic mass is 10.0. The Labute approximate surface area is 124 Å². The summed E-state index contributed by atoms with van der Waals surface area (Å²) < 4.78 is 5.49. The van der Waals surface area contributed by atoms with E-state index in [1.807, 2.05) is 23.1 Å². The maximum atomic E-state index is 12.5. The molecule has 0 bridgehead atoms. The molecule has 0 aliphatic carbocycles. The van der Waals surface area contributed by atoms with Crippen LogP contribution in [0, 0.1) is 0 Å². The second-order valence-electron chi connectivity index (χ2n) is 6.07. The third-order valence-corrected chi connectivity index (χ3v) is 4.75. The average molecular weight is 287 g/mol. The van der Waals surface area contributed by atoms with Crippen molar-refractivity contribution < 1.29 is 9.53 Å². The molecule has 4 rings (SSSR count). The van der Waals surface area contributed by atoms with Crippen LogP contribution in [0.5, 0.6) is 5.75 Å². The van der Waals surface area contributed by atoms with Crippen molar-refractivity contribution >= 4 is 5.91 Å². The van der Waals surface area contributed by atoms with Crippen molar-refractivity contribution in [2.75, 3.05) is 45.9 Å². The first-order valence-corrected chi connectivity index (χ1v) is 7.81. The Kier molecular flexibility index (Phi) is 3.31. The number of nitrogens with zero attached hydrogens (tertiary/aromatic N) is 2. The summed E-state index contributed by atoms with van der Waals surface area (Å²) >= 11 is 0. The van der Waals surface area contributed by atoms with E-state index in [0.29, 0.717) is 6.04 Å². The number of hydrogen-bond acceptors (Lipinski definition) is 4. The third kappa shape index (κ3) is 2.40. The van der Waals surface area contributed by atoms with E-state index >= 15 is 0 Å². The van der Waals surface area contributed by atoms with E-state index in [1.54, 1.807) is 0 Å². The van der Waals surface area contributed by atoms with Gasteiger partial charge < -0.3 is 15.0 Å². The molecule has 0 radical (unpaired) electrons. The summed E-state index contributed by atoms with van der Waals surface area (Å²) in [7, 11) is 0. The third-order valence-electron chi connectivity index (χ3n) is 4.75. The summed E-state index contributed by atoms with van der Waals surface area (Å²) in [5.41, 5.74) is 1.97. The maximum absolute atomic E-state index is 12.5. The molecule has 1 aromatic rings. The SMILES string of the molecule is O=C(c1ccc2c(c1)CCO2)N1CC(N2CCNCC2)C1. The van der Waals surface area contributed by atoms with E-state index in [4.69, 9.17) is 4.74 Å². The lowest BCUT2D eigenvalue weighted by Gasteiger charge is -2.46. The molecule has 2 saturated heterocycles. The van der Waals surface area contributed by atoms with Crippen molar-refractivity contribution in [1.82, 2.24) is 15.1 Å². The first-order chi connectivity index (χ1) is 10.3. The summed E-state index contributed by atoms with van der Waals surface area (Å²) in [5.74, 6) is 1.10. The molecule has 5 heteroatoms. The summed E-state index contributed by atoms with van der Waals surface area (Å²) in [6.07, 6.45) is 0.917. The molecule has 3 aliphatic rings. The number of carbonyl (C=O) groups is 1. The summed E-state index contributed by atoms with van der Waals surface area (Å²) in [6, 6.07) is 6.38. The second-order valence-corrected chi connectivity index (χ2v) is 6.07. The number of carbonyl (C=O) groups excluding carboxylic acids is 1. The van der Waals surface area contributed by atoms with Crippen molar-refractivity contribution in [2.24, 2.45) is 0 Å². The largest absolute Gasteiger partial charge is 0.493 e. The minimum atomic E-state index is 0.163. The lowest BCUT2D eigenvalue weighted by molar-refractivity contribution is 0.0227. The van der Waals surface area contributed by atoms with Gasteiger partial charge in [-0.2, -0.15) is 0 Å². The Balaban J connectivity index is 1.38. The van der Waals surface area contributed by atoms with Crippen LogP contribution >= 0.6 is 0 Å². The van der Waals surface area contributed by atoms with E-state index in [-0.39, 0.29) is 5.91 Å². The molecule has 3 aliphatic heterocycles. The highest BCUT2D eigenvalue weighted by molar-refractivity contribution is 5.95. The highest BCUT2D eigenvalue weighted by atomic mass is 16.5. The van der Waals surface area contributed by atoms with Crippen LogP contribution in [-0.4, -0.2) is 67.6 Å². The van der Waals surface area contributed by atoms with Gasteiger partial charge in [0.05, 0.1) is 6.61 Å². The number of benzene rings is 1. The Morgan fingerprint density at radius 3 is 2.86 bits per heavy atom. The van der Waals surface area contributed by atoms with E-state index in [1.165, 1.54) is 5.56 Å². The Bertz CT molecular complexity index is 548. The minimum Gasteiger partial charge on any atom is -0.493 e.